The van der Waals surface area contributed by atoms with E-state index in [1.54, 1.807) is 31.6 Å². The second-order valence-electron chi connectivity index (χ2n) is 5.17. The van der Waals surface area contributed by atoms with Crippen LogP contribution < -0.4 is 4.74 Å². The molecule has 0 aliphatic carbocycles. The van der Waals surface area contributed by atoms with E-state index in [1.807, 2.05) is 23.1 Å². The standard InChI is InChI=1S/C17H18N2O2/c1-21-15-5-2-4-14(12-15)16-6-3-11-19(16)17(20)13-7-9-18-10-8-13/h2,4-5,7-10,12,16H,3,6,11H2,1H3/t16-/m0/s1. The molecule has 0 saturated carbocycles. The molecule has 1 fully saturated rings. The summed E-state index contributed by atoms with van der Waals surface area (Å²) in [6.07, 6.45) is 5.33. The molecular formula is C17H18N2O2. The third kappa shape index (κ3) is 2.75. The predicted octanol–water partition coefficient (Wildman–Crippen LogP) is 3.07. The lowest BCUT2D eigenvalue weighted by Crippen LogP contribution is -2.30. The van der Waals surface area contributed by atoms with Crippen LogP contribution in [0.5, 0.6) is 5.75 Å². The fourth-order valence-electron chi connectivity index (χ4n) is 2.87. The van der Waals surface area contributed by atoms with Crippen LogP contribution in [0, 0.1) is 0 Å². The minimum Gasteiger partial charge on any atom is -0.497 e. The smallest absolute Gasteiger partial charge is 0.254 e. The molecule has 4 heteroatoms. The number of benzene rings is 1. The second kappa shape index (κ2) is 5.95. The molecule has 1 atom stereocenters. The summed E-state index contributed by atoms with van der Waals surface area (Å²) >= 11 is 0. The van der Waals surface area contributed by atoms with Gasteiger partial charge < -0.3 is 9.64 Å². The number of pyridine rings is 1. The highest BCUT2D eigenvalue weighted by atomic mass is 16.5. The van der Waals surface area contributed by atoms with Gasteiger partial charge in [-0.1, -0.05) is 12.1 Å². The molecule has 0 bridgehead atoms. The van der Waals surface area contributed by atoms with Crippen molar-refractivity contribution in [3.05, 3.63) is 59.9 Å². The van der Waals surface area contributed by atoms with Crippen LogP contribution in [0.1, 0.15) is 34.8 Å². The normalized spacial score (nSPS) is 17.8. The zero-order valence-corrected chi connectivity index (χ0v) is 12.0. The number of rotatable bonds is 3. The van der Waals surface area contributed by atoms with E-state index in [1.165, 1.54) is 0 Å². The summed E-state index contributed by atoms with van der Waals surface area (Å²) < 4.78 is 5.28. The minimum atomic E-state index is 0.0720. The summed E-state index contributed by atoms with van der Waals surface area (Å²) in [5.41, 5.74) is 1.83. The zero-order chi connectivity index (χ0) is 14.7. The first-order valence-corrected chi connectivity index (χ1v) is 7.14. The third-order valence-electron chi connectivity index (χ3n) is 3.92. The highest BCUT2D eigenvalue weighted by Gasteiger charge is 2.30. The quantitative estimate of drug-likeness (QED) is 0.869. The van der Waals surface area contributed by atoms with Gasteiger partial charge in [0, 0.05) is 24.5 Å². The van der Waals surface area contributed by atoms with Gasteiger partial charge in [-0.15, -0.1) is 0 Å². The molecular weight excluding hydrogens is 264 g/mol. The second-order valence-corrected chi connectivity index (χ2v) is 5.17. The first-order chi connectivity index (χ1) is 10.3. The summed E-state index contributed by atoms with van der Waals surface area (Å²) in [6, 6.07) is 11.6. The van der Waals surface area contributed by atoms with Gasteiger partial charge in [0.05, 0.1) is 13.2 Å². The summed E-state index contributed by atoms with van der Waals surface area (Å²) in [5.74, 6) is 0.901. The third-order valence-corrected chi connectivity index (χ3v) is 3.92. The van der Waals surface area contributed by atoms with Crippen molar-refractivity contribution in [1.29, 1.82) is 0 Å². The average Bonchev–Trinajstić information content (AvgIpc) is 3.04. The molecule has 1 aromatic carbocycles. The van der Waals surface area contributed by atoms with E-state index in [2.05, 4.69) is 11.1 Å². The van der Waals surface area contributed by atoms with Gasteiger partial charge >= 0.3 is 0 Å². The van der Waals surface area contributed by atoms with Crippen molar-refractivity contribution >= 4 is 5.91 Å². The summed E-state index contributed by atoms with van der Waals surface area (Å²) in [4.78, 5) is 18.6. The lowest BCUT2D eigenvalue weighted by atomic mass is 10.0. The van der Waals surface area contributed by atoms with Crippen molar-refractivity contribution < 1.29 is 9.53 Å². The van der Waals surface area contributed by atoms with Gasteiger partial charge in [0.25, 0.3) is 5.91 Å². The molecule has 1 aromatic heterocycles. The molecule has 2 heterocycles. The molecule has 1 aliphatic heterocycles. The minimum absolute atomic E-state index is 0.0720. The molecule has 1 aliphatic rings. The van der Waals surface area contributed by atoms with Gasteiger partial charge in [-0.05, 0) is 42.7 Å². The van der Waals surface area contributed by atoms with E-state index < -0.39 is 0 Å². The number of methoxy groups -OCH3 is 1. The van der Waals surface area contributed by atoms with Gasteiger partial charge in [-0.25, -0.2) is 0 Å². The van der Waals surface area contributed by atoms with Crippen LogP contribution in [0.15, 0.2) is 48.8 Å². The van der Waals surface area contributed by atoms with Crippen LogP contribution in [-0.4, -0.2) is 29.4 Å². The number of carbonyl (C=O) groups excluding carboxylic acids is 1. The van der Waals surface area contributed by atoms with Crippen LogP contribution in [0.25, 0.3) is 0 Å². The van der Waals surface area contributed by atoms with Crippen LogP contribution in [-0.2, 0) is 0 Å². The lowest BCUT2D eigenvalue weighted by Gasteiger charge is -2.25. The largest absolute Gasteiger partial charge is 0.497 e. The van der Waals surface area contributed by atoms with E-state index in [0.29, 0.717) is 5.56 Å². The fourth-order valence-corrected chi connectivity index (χ4v) is 2.87. The maximum atomic E-state index is 12.7. The van der Waals surface area contributed by atoms with Crippen LogP contribution >= 0.6 is 0 Å². The molecule has 4 nitrogen and oxygen atoms in total. The van der Waals surface area contributed by atoms with Crippen LogP contribution in [0.3, 0.4) is 0 Å². The van der Waals surface area contributed by atoms with Gasteiger partial charge in [-0.3, -0.25) is 9.78 Å². The fraction of sp³-hybridized carbons (Fsp3) is 0.294. The molecule has 108 valence electrons. The maximum Gasteiger partial charge on any atom is 0.254 e. The maximum absolute atomic E-state index is 12.7. The number of likely N-dealkylation sites (tertiary alicyclic amines) is 1. The summed E-state index contributed by atoms with van der Waals surface area (Å²) in [7, 11) is 1.66. The summed E-state index contributed by atoms with van der Waals surface area (Å²) in [5, 5.41) is 0. The van der Waals surface area contributed by atoms with E-state index in [9.17, 15) is 4.79 Å². The predicted molar refractivity (Wildman–Crippen MR) is 80.2 cm³/mol. The van der Waals surface area contributed by atoms with E-state index in [4.69, 9.17) is 4.74 Å². The number of hydrogen-bond acceptors (Lipinski definition) is 3. The molecule has 0 unspecified atom stereocenters. The SMILES string of the molecule is COc1cccc([C@@H]2CCCN2C(=O)c2ccncc2)c1. The number of ether oxygens (including phenoxy) is 1. The number of aromatic nitrogens is 1. The van der Waals surface area contributed by atoms with Crippen LogP contribution in [0.4, 0.5) is 0 Å². The lowest BCUT2D eigenvalue weighted by molar-refractivity contribution is 0.0735. The van der Waals surface area contributed by atoms with Crippen molar-refractivity contribution in [2.45, 2.75) is 18.9 Å². The Morgan fingerprint density at radius 3 is 2.86 bits per heavy atom. The van der Waals surface area contributed by atoms with Gasteiger partial charge in [-0.2, -0.15) is 0 Å². The monoisotopic (exact) mass is 282 g/mol. The molecule has 1 amide bonds. The van der Waals surface area contributed by atoms with Gasteiger partial charge in [0.1, 0.15) is 5.75 Å². The Bertz CT molecular complexity index is 628. The van der Waals surface area contributed by atoms with E-state index in [-0.39, 0.29) is 11.9 Å². The highest BCUT2D eigenvalue weighted by molar-refractivity contribution is 5.94. The Morgan fingerprint density at radius 1 is 1.29 bits per heavy atom. The molecule has 21 heavy (non-hydrogen) atoms. The summed E-state index contributed by atoms with van der Waals surface area (Å²) in [6.45, 7) is 0.795. The Morgan fingerprint density at radius 2 is 2.10 bits per heavy atom. The van der Waals surface area contributed by atoms with Gasteiger partial charge in [0.15, 0.2) is 0 Å². The number of carbonyl (C=O) groups is 1. The van der Waals surface area contributed by atoms with E-state index in [0.717, 1.165) is 30.7 Å². The van der Waals surface area contributed by atoms with E-state index >= 15 is 0 Å². The first-order valence-electron chi connectivity index (χ1n) is 7.14. The Hall–Kier alpha value is -2.36. The number of amides is 1. The number of nitrogens with zero attached hydrogens (tertiary/aromatic N) is 2. The zero-order valence-electron chi connectivity index (χ0n) is 12.0. The van der Waals surface area contributed by atoms with Crippen molar-refractivity contribution in [2.75, 3.05) is 13.7 Å². The molecule has 2 aromatic rings. The van der Waals surface area contributed by atoms with Gasteiger partial charge in [0.2, 0.25) is 0 Å². The first kappa shape index (κ1) is 13.6. The van der Waals surface area contributed by atoms with Crippen molar-refractivity contribution in [3.8, 4) is 5.75 Å². The van der Waals surface area contributed by atoms with Crippen molar-refractivity contribution in [2.24, 2.45) is 0 Å². The highest BCUT2D eigenvalue weighted by Crippen LogP contribution is 2.34. The molecule has 0 spiro atoms. The molecule has 0 radical (unpaired) electrons. The van der Waals surface area contributed by atoms with Crippen molar-refractivity contribution in [1.82, 2.24) is 9.88 Å². The molecule has 1 saturated heterocycles. The van der Waals surface area contributed by atoms with Crippen molar-refractivity contribution in [3.63, 3.8) is 0 Å². The topological polar surface area (TPSA) is 42.4 Å². The van der Waals surface area contributed by atoms with Crippen LogP contribution in [0.2, 0.25) is 0 Å². The number of hydrogen-bond donors (Lipinski definition) is 0. The Labute approximate surface area is 124 Å². The molecule has 3 rings (SSSR count). The Kier molecular flexibility index (Phi) is 3.86. The Balaban J connectivity index is 1.87. The molecule has 0 N–H and O–H groups in total. The average molecular weight is 282 g/mol.